The molecule has 0 aromatic heterocycles. The van der Waals surface area contributed by atoms with Gasteiger partial charge in [0, 0.05) is 13.6 Å². The highest BCUT2D eigenvalue weighted by Crippen LogP contribution is 2.20. The van der Waals surface area contributed by atoms with Gasteiger partial charge in [-0.15, -0.1) is 0 Å². The molecule has 24 heavy (non-hydrogen) atoms. The van der Waals surface area contributed by atoms with Crippen LogP contribution in [-0.4, -0.2) is 25.1 Å². The molecule has 1 N–H and O–H groups in total. The van der Waals surface area contributed by atoms with Crippen LogP contribution < -0.4 is 10.1 Å². The number of rotatable bonds is 6. The number of ether oxygens (including phenoxy) is 1. The summed E-state index contributed by atoms with van der Waals surface area (Å²) in [6, 6.07) is 13.6. The Morgan fingerprint density at radius 1 is 1.25 bits per heavy atom. The van der Waals surface area contributed by atoms with Crippen LogP contribution in [0.5, 0.6) is 5.75 Å². The van der Waals surface area contributed by atoms with Gasteiger partial charge in [-0.1, -0.05) is 31.2 Å². The fourth-order valence-electron chi connectivity index (χ4n) is 2.50. The summed E-state index contributed by atoms with van der Waals surface area (Å²) in [5.74, 6) is 0.481. The maximum atomic E-state index is 13.2. The van der Waals surface area contributed by atoms with Gasteiger partial charge >= 0.3 is 6.03 Å². The molecule has 2 amide bonds. The van der Waals surface area contributed by atoms with Gasteiger partial charge in [0.15, 0.2) is 0 Å². The van der Waals surface area contributed by atoms with E-state index in [-0.39, 0.29) is 17.9 Å². The highest BCUT2D eigenvalue weighted by atomic mass is 19.1. The predicted octanol–water partition coefficient (Wildman–Crippen LogP) is 4.13. The van der Waals surface area contributed by atoms with E-state index in [1.54, 1.807) is 31.2 Å². The van der Waals surface area contributed by atoms with E-state index in [9.17, 15) is 9.18 Å². The number of halogens is 1. The van der Waals surface area contributed by atoms with E-state index < -0.39 is 0 Å². The van der Waals surface area contributed by atoms with Gasteiger partial charge in [0.25, 0.3) is 0 Å². The molecule has 0 saturated heterocycles. The number of methoxy groups -OCH3 is 1. The van der Waals surface area contributed by atoms with Crippen molar-refractivity contribution in [2.24, 2.45) is 0 Å². The van der Waals surface area contributed by atoms with E-state index in [1.165, 1.54) is 12.1 Å². The molecule has 0 aliphatic heterocycles. The molecule has 2 rings (SSSR count). The van der Waals surface area contributed by atoms with Crippen LogP contribution in [0.1, 0.15) is 30.5 Å². The number of urea groups is 1. The average Bonchev–Trinajstić information content (AvgIpc) is 2.59. The second kappa shape index (κ2) is 8.34. The first-order valence-electron chi connectivity index (χ1n) is 7.93. The van der Waals surface area contributed by atoms with Crippen LogP contribution in [0.3, 0.4) is 0 Å². The monoisotopic (exact) mass is 330 g/mol. The Hall–Kier alpha value is -2.56. The van der Waals surface area contributed by atoms with Crippen molar-refractivity contribution in [1.29, 1.82) is 0 Å². The lowest BCUT2D eigenvalue weighted by molar-refractivity contribution is 0.202. The fraction of sp³-hybridized carbons (Fsp3) is 0.316. The molecular weight excluding hydrogens is 307 g/mol. The van der Waals surface area contributed by atoms with Crippen molar-refractivity contribution in [2.75, 3.05) is 14.2 Å². The van der Waals surface area contributed by atoms with Crippen molar-refractivity contribution in [1.82, 2.24) is 10.2 Å². The molecule has 0 spiro atoms. The zero-order chi connectivity index (χ0) is 17.5. The van der Waals surface area contributed by atoms with Crippen LogP contribution in [0, 0.1) is 5.82 Å². The third kappa shape index (κ3) is 4.72. The topological polar surface area (TPSA) is 41.6 Å². The molecule has 0 bridgehead atoms. The lowest BCUT2D eigenvalue weighted by atomic mass is 10.0. The lowest BCUT2D eigenvalue weighted by Crippen LogP contribution is -2.38. The number of benzene rings is 2. The van der Waals surface area contributed by atoms with E-state index >= 15 is 0 Å². The average molecular weight is 330 g/mol. The van der Waals surface area contributed by atoms with Crippen LogP contribution in [0.4, 0.5) is 9.18 Å². The third-order valence-corrected chi connectivity index (χ3v) is 3.88. The molecule has 2 aromatic carbocycles. The molecule has 1 atom stereocenters. The Balaban J connectivity index is 1.99. The number of carbonyl (C=O) groups excluding carboxylic acids is 1. The third-order valence-electron chi connectivity index (χ3n) is 3.88. The van der Waals surface area contributed by atoms with Crippen LogP contribution in [0.2, 0.25) is 0 Å². The maximum Gasteiger partial charge on any atom is 0.317 e. The molecule has 1 unspecified atom stereocenters. The van der Waals surface area contributed by atoms with Crippen molar-refractivity contribution >= 4 is 6.03 Å². The first-order valence-corrected chi connectivity index (χ1v) is 7.93. The SMILES string of the molecule is CCC(NC(=O)N(C)Cc1cccc(F)c1)c1ccc(OC)cc1. The Morgan fingerprint density at radius 2 is 1.96 bits per heavy atom. The summed E-state index contributed by atoms with van der Waals surface area (Å²) >= 11 is 0. The lowest BCUT2D eigenvalue weighted by Gasteiger charge is -2.23. The summed E-state index contributed by atoms with van der Waals surface area (Å²) in [4.78, 5) is 13.9. The normalized spacial score (nSPS) is 11.7. The summed E-state index contributed by atoms with van der Waals surface area (Å²) in [5.41, 5.74) is 1.77. The smallest absolute Gasteiger partial charge is 0.317 e. The van der Waals surface area contributed by atoms with Crippen molar-refractivity contribution in [3.05, 3.63) is 65.5 Å². The van der Waals surface area contributed by atoms with Gasteiger partial charge in [-0.05, 0) is 41.8 Å². The Morgan fingerprint density at radius 3 is 2.54 bits per heavy atom. The summed E-state index contributed by atoms with van der Waals surface area (Å²) in [7, 11) is 3.32. The Labute approximate surface area is 142 Å². The number of nitrogens with zero attached hydrogens (tertiary/aromatic N) is 1. The van der Waals surface area contributed by atoms with E-state index in [0.29, 0.717) is 6.54 Å². The molecule has 0 aliphatic carbocycles. The van der Waals surface area contributed by atoms with E-state index in [1.807, 2.05) is 31.2 Å². The van der Waals surface area contributed by atoms with Gasteiger partial charge in [-0.25, -0.2) is 9.18 Å². The van der Waals surface area contributed by atoms with Gasteiger partial charge in [-0.3, -0.25) is 0 Å². The second-order valence-electron chi connectivity index (χ2n) is 5.67. The molecule has 2 aromatic rings. The number of amides is 2. The molecule has 0 radical (unpaired) electrons. The number of carbonyl (C=O) groups is 1. The molecular formula is C19H23FN2O2. The molecule has 4 nitrogen and oxygen atoms in total. The van der Waals surface area contributed by atoms with Gasteiger partial charge in [0.2, 0.25) is 0 Å². The molecule has 0 aliphatic rings. The van der Waals surface area contributed by atoms with Gasteiger partial charge in [-0.2, -0.15) is 0 Å². The highest BCUT2D eigenvalue weighted by Gasteiger charge is 2.16. The predicted molar refractivity (Wildman–Crippen MR) is 92.4 cm³/mol. The maximum absolute atomic E-state index is 13.2. The van der Waals surface area contributed by atoms with Crippen LogP contribution in [-0.2, 0) is 6.54 Å². The zero-order valence-corrected chi connectivity index (χ0v) is 14.3. The zero-order valence-electron chi connectivity index (χ0n) is 14.3. The molecule has 128 valence electrons. The van der Waals surface area contributed by atoms with E-state index in [0.717, 1.165) is 23.3 Å². The number of hydrogen-bond acceptors (Lipinski definition) is 2. The largest absolute Gasteiger partial charge is 0.497 e. The van der Waals surface area contributed by atoms with Gasteiger partial charge in [0.1, 0.15) is 11.6 Å². The first-order chi connectivity index (χ1) is 11.5. The van der Waals surface area contributed by atoms with Crippen molar-refractivity contribution in [3.63, 3.8) is 0 Å². The minimum atomic E-state index is -0.300. The molecule has 0 fully saturated rings. The molecule has 0 saturated carbocycles. The summed E-state index contributed by atoms with van der Waals surface area (Å²) in [5, 5.41) is 3.01. The van der Waals surface area contributed by atoms with Crippen molar-refractivity contribution < 1.29 is 13.9 Å². The standard InChI is InChI=1S/C19H23FN2O2/c1-4-18(15-8-10-17(24-3)11-9-15)21-19(23)22(2)13-14-6-5-7-16(20)12-14/h5-12,18H,4,13H2,1-3H3,(H,21,23). The number of hydrogen-bond donors (Lipinski definition) is 1. The molecule has 5 heteroatoms. The van der Waals surface area contributed by atoms with E-state index in [4.69, 9.17) is 4.74 Å². The van der Waals surface area contributed by atoms with Crippen LogP contribution in [0.25, 0.3) is 0 Å². The Bertz CT molecular complexity index is 673. The van der Waals surface area contributed by atoms with Gasteiger partial charge < -0.3 is 15.0 Å². The number of nitrogens with one attached hydrogen (secondary N) is 1. The quantitative estimate of drug-likeness (QED) is 0.865. The Kier molecular flexibility index (Phi) is 6.18. The van der Waals surface area contributed by atoms with Crippen molar-refractivity contribution in [3.8, 4) is 5.75 Å². The highest BCUT2D eigenvalue weighted by molar-refractivity contribution is 5.74. The minimum absolute atomic E-state index is 0.0848. The minimum Gasteiger partial charge on any atom is -0.497 e. The van der Waals surface area contributed by atoms with Crippen molar-refractivity contribution in [2.45, 2.75) is 25.9 Å². The fourth-order valence-corrected chi connectivity index (χ4v) is 2.50. The summed E-state index contributed by atoms with van der Waals surface area (Å²) in [6.45, 7) is 2.37. The van der Waals surface area contributed by atoms with Crippen LogP contribution in [0.15, 0.2) is 48.5 Å². The summed E-state index contributed by atoms with van der Waals surface area (Å²) < 4.78 is 18.4. The summed E-state index contributed by atoms with van der Waals surface area (Å²) in [6.07, 6.45) is 0.770. The van der Waals surface area contributed by atoms with Gasteiger partial charge in [0.05, 0.1) is 13.2 Å². The van der Waals surface area contributed by atoms with Crippen LogP contribution >= 0.6 is 0 Å². The second-order valence-corrected chi connectivity index (χ2v) is 5.67. The van der Waals surface area contributed by atoms with E-state index in [2.05, 4.69) is 5.32 Å². The molecule has 0 heterocycles. The first kappa shape index (κ1) is 17.8.